The summed E-state index contributed by atoms with van der Waals surface area (Å²) in [6.07, 6.45) is 6.46. The van der Waals surface area contributed by atoms with E-state index in [0.29, 0.717) is 12.4 Å². The SMILES string of the molecule is CCc1nn(C2CCCCC2)c(=O)n1Cc1ccc(-c2ccccc2-c2nnn[nH]2)cc1. The van der Waals surface area contributed by atoms with Crippen molar-refractivity contribution in [2.75, 3.05) is 0 Å². The van der Waals surface area contributed by atoms with Crippen LogP contribution in [0.5, 0.6) is 0 Å². The first-order valence-electron chi connectivity index (χ1n) is 11.3. The summed E-state index contributed by atoms with van der Waals surface area (Å²) in [5, 5.41) is 19.0. The van der Waals surface area contributed by atoms with Gasteiger partial charge in [-0.1, -0.05) is 74.7 Å². The van der Waals surface area contributed by atoms with Gasteiger partial charge in [-0.2, -0.15) is 5.10 Å². The first-order valence-corrected chi connectivity index (χ1v) is 11.3. The van der Waals surface area contributed by atoms with Crippen molar-refractivity contribution in [3.8, 4) is 22.5 Å². The normalized spacial score (nSPS) is 14.7. The zero-order chi connectivity index (χ0) is 21.9. The van der Waals surface area contributed by atoms with Crippen LogP contribution in [-0.4, -0.2) is 35.0 Å². The fraction of sp³-hybridized carbons (Fsp3) is 0.375. The number of aromatic nitrogens is 7. The van der Waals surface area contributed by atoms with Crippen molar-refractivity contribution in [1.29, 1.82) is 0 Å². The van der Waals surface area contributed by atoms with E-state index >= 15 is 0 Å². The standard InChI is InChI=1S/C24H27N7O/c1-2-22-27-31(19-8-4-3-5-9-19)24(32)30(22)16-17-12-14-18(15-13-17)20-10-6-7-11-21(20)23-25-28-29-26-23/h6-7,10-15,19H,2-5,8-9,16H2,1H3,(H,25,26,28,29). The van der Waals surface area contributed by atoms with Gasteiger partial charge < -0.3 is 0 Å². The Labute approximate surface area is 186 Å². The fourth-order valence-electron chi connectivity index (χ4n) is 4.63. The predicted octanol–water partition coefficient (Wildman–Crippen LogP) is 4.01. The quantitative estimate of drug-likeness (QED) is 0.500. The summed E-state index contributed by atoms with van der Waals surface area (Å²) in [6, 6.07) is 16.6. The van der Waals surface area contributed by atoms with Crippen LogP contribution in [0.3, 0.4) is 0 Å². The molecule has 0 bridgehead atoms. The van der Waals surface area contributed by atoms with Gasteiger partial charge >= 0.3 is 5.69 Å². The van der Waals surface area contributed by atoms with E-state index in [-0.39, 0.29) is 11.7 Å². The van der Waals surface area contributed by atoms with Gasteiger partial charge in [-0.25, -0.2) is 14.6 Å². The van der Waals surface area contributed by atoms with Gasteiger partial charge in [0, 0.05) is 12.0 Å². The van der Waals surface area contributed by atoms with Crippen LogP contribution in [0.2, 0.25) is 0 Å². The molecule has 0 amide bonds. The van der Waals surface area contributed by atoms with Crippen molar-refractivity contribution in [3.05, 3.63) is 70.4 Å². The topological polar surface area (TPSA) is 94.3 Å². The maximum atomic E-state index is 13.2. The highest BCUT2D eigenvalue weighted by Crippen LogP contribution is 2.30. The second-order valence-corrected chi connectivity index (χ2v) is 8.37. The minimum Gasteiger partial charge on any atom is -0.274 e. The Morgan fingerprint density at radius 2 is 1.75 bits per heavy atom. The van der Waals surface area contributed by atoms with Crippen molar-refractivity contribution in [2.45, 2.75) is 58.0 Å². The zero-order valence-electron chi connectivity index (χ0n) is 18.2. The molecule has 1 fully saturated rings. The molecule has 0 saturated heterocycles. The lowest BCUT2D eigenvalue weighted by Gasteiger charge is -2.20. The van der Waals surface area contributed by atoms with Crippen molar-refractivity contribution >= 4 is 0 Å². The summed E-state index contributed by atoms with van der Waals surface area (Å²) in [6.45, 7) is 2.59. The summed E-state index contributed by atoms with van der Waals surface area (Å²) < 4.78 is 3.58. The first kappa shape index (κ1) is 20.4. The second-order valence-electron chi connectivity index (χ2n) is 8.37. The lowest BCUT2D eigenvalue weighted by Crippen LogP contribution is -2.29. The Kier molecular flexibility index (Phi) is 5.66. The maximum Gasteiger partial charge on any atom is 0.346 e. The molecule has 1 saturated carbocycles. The minimum absolute atomic E-state index is 0.0148. The highest BCUT2D eigenvalue weighted by molar-refractivity contribution is 5.80. The summed E-state index contributed by atoms with van der Waals surface area (Å²) in [7, 11) is 0. The summed E-state index contributed by atoms with van der Waals surface area (Å²) in [5.74, 6) is 1.49. The molecule has 2 aromatic carbocycles. The van der Waals surface area contributed by atoms with Crippen LogP contribution in [0, 0.1) is 0 Å². The number of hydrogen-bond donors (Lipinski definition) is 1. The third-order valence-electron chi connectivity index (χ3n) is 6.33. The molecular formula is C24H27N7O. The molecular weight excluding hydrogens is 402 g/mol. The number of aromatic amines is 1. The molecule has 32 heavy (non-hydrogen) atoms. The third-order valence-corrected chi connectivity index (χ3v) is 6.33. The van der Waals surface area contributed by atoms with Crippen molar-refractivity contribution in [3.63, 3.8) is 0 Å². The number of H-pyrrole nitrogens is 1. The van der Waals surface area contributed by atoms with E-state index in [1.165, 1.54) is 19.3 Å². The average molecular weight is 430 g/mol. The lowest BCUT2D eigenvalue weighted by molar-refractivity contribution is 0.319. The summed E-state index contributed by atoms with van der Waals surface area (Å²) in [4.78, 5) is 13.2. The van der Waals surface area contributed by atoms with E-state index < -0.39 is 0 Å². The van der Waals surface area contributed by atoms with Gasteiger partial charge in [0.05, 0.1) is 12.6 Å². The number of nitrogens with zero attached hydrogens (tertiary/aromatic N) is 6. The number of hydrogen-bond acceptors (Lipinski definition) is 5. The van der Waals surface area contributed by atoms with Gasteiger partial charge in [0.1, 0.15) is 5.82 Å². The molecule has 5 rings (SSSR count). The number of aryl methyl sites for hydroxylation is 1. The van der Waals surface area contributed by atoms with Gasteiger partial charge in [-0.15, -0.1) is 5.10 Å². The van der Waals surface area contributed by atoms with Crippen LogP contribution < -0.4 is 5.69 Å². The minimum atomic E-state index is 0.0148. The molecule has 8 nitrogen and oxygen atoms in total. The van der Waals surface area contributed by atoms with Crippen LogP contribution in [0.25, 0.3) is 22.5 Å². The Hall–Kier alpha value is -3.55. The Morgan fingerprint density at radius 1 is 1.00 bits per heavy atom. The van der Waals surface area contributed by atoms with Gasteiger partial charge in [0.15, 0.2) is 5.82 Å². The smallest absolute Gasteiger partial charge is 0.274 e. The van der Waals surface area contributed by atoms with E-state index in [2.05, 4.69) is 57.9 Å². The largest absolute Gasteiger partial charge is 0.346 e. The molecule has 0 radical (unpaired) electrons. The molecule has 8 heteroatoms. The van der Waals surface area contributed by atoms with Gasteiger partial charge in [-0.05, 0) is 40.0 Å². The lowest BCUT2D eigenvalue weighted by atomic mass is 9.96. The summed E-state index contributed by atoms with van der Waals surface area (Å²) in [5.41, 5.74) is 4.16. The molecule has 164 valence electrons. The Morgan fingerprint density at radius 3 is 2.44 bits per heavy atom. The highest BCUT2D eigenvalue weighted by atomic mass is 16.2. The molecule has 0 atom stereocenters. The number of rotatable bonds is 6. The van der Waals surface area contributed by atoms with E-state index in [9.17, 15) is 4.79 Å². The number of benzene rings is 2. The van der Waals surface area contributed by atoms with Gasteiger partial charge in [0.2, 0.25) is 0 Å². The van der Waals surface area contributed by atoms with Crippen molar-refractivity contribution in [1.82, 2.24) is 35.0 Å². The molecule has 1 aliphatic carbocycles. The zero-order valence-corrected chi connectivity index (χ0v) is 18.2. The number of nitrogens with one attached hydrogen (secondary N) is 1. The molecule has 2 aromatic heterocycles. The highest BCUT2D eigenvalue weighted by Gasteiger charge is 2.22. The van der Waals surface area contributed by atoms with E-state index in [1.807, 2.05) is 22.8 Å². The third kappa shape index (κ3) is 3.88. The molecule has 0 spiro atoms. The molecule has 0 unspecified atom stereocenters. The Balaban J connectivity index is 1.42. The van der Waals surface area contributed by atoms with Crippen molar-refractivity contribution in [2.24, 2.45) is 0 Å². The van der Waals surface area contributed by atoms with Crippen LogP contribution in [0.4, 0.5) is 0 Å². The average Bonchev–Trinajstić information content (AvgIpc) is 3.49. The molecule has 4 aromatic rings. The monoisotopic (exact) mass is 429 g/mol. The molecule has 0 aliphatic heterocycles. The molecule has 2 heterocycles. The number of tetrazole rings is 1. The van der Waals surface area contributed by atoms with Crippen molar-refractivity contribution < 1.29 is 0 Å². The maximum absolute atomic E-state index is 13.2. The predicted molar refractivity (Wildman–Crippen MR) is 122 cm³/mol. The van der Waals surface area contributed by atoms with Crippen LogP contribution in [-0.2, 0) is 13.0 Å². The van der Waals surface area contributed by atoms with Crippen LogP contribution >= 0.6 is 0 Å². The fourth-order valence-corrected chi connectivity index (χ4v) is 4.63. The van der Waals surface area contributed by atoms with E-state index in [1.54, 1.807) is 4.68 Å². The Bertz CT molecular complexity index is 1230. The second kappa shape index (κ2) is 8.90. The van der Waals surface area contributed by atoms with E-state index in [4.69, 9.17) is 5.10 Å². The molecule has 1 aliphatic rings. The summed E-state index contributed by atoms with van der Waals surface area (Å²) >= 11 is 0. The van der Waals surface area contributed by atoms with Crippen LogP contribution in [0.1, 0.15) is 56.5 Å². The van der Waals surface area contributed by atoms with E-state index in [0.717, 1.165) is 47.3 Å². The van der Waals surface area contributed by atoms with Crippen LogP contribution in [0.15, 0.2) is 53.3 Å². The molecule has 1 N–H and O–H groups in total. The van der Waals surface area contributed by atoms with Gasteiger partial charge in [-0.3, -0.25) is 4.57 Å². The first-order chi connectivity index (χ1) is 15.7. The van der Waals surface area contributed by atoms with Gasteiger partial charge in [0.25, 0.3) is 0 Å².